The van der Waals surface area contributed by atoms with Crippen LogP contribution in [0.5, 0.6) is 0 Å². The minimum atomic E-state index is 0.135. The molecule has 6 heteroatoms. The second-order valence-electron chi connectivity index (χ2n) is 10.5. The van der Waals surface area contributed by atoms with Crippen molar-refractivity contribution in [3.63, 3.8) is 0 Å². The Kier molecular flexibility index (Phi) is 5.77. The van der Waals surface area contributed by atoms with E-state index in [2.05, 4.69) is 50.9 Å². The van der Waals surface area contributed by atoms with Gasteiger partial charge in [0, 0.05) is 67.5 Å². The van der Waals surface area contributed by atoms with E-state index in [0.29, 0.717) is 18.3 Å². The van der Waals surface area contributed by atoms with Gasteiger partial charge in [0.25, 0.3) is 5.56 Å². The van der Waals surface area contributed by atoms with Gasteiger partial charge in [-0.1, -0.05) is 37.1 Å². The number of hydrogen-bond donors (Lipinski definition) is 0. The van der Waals surface area contributed by atoms with Crippen LogP contribution in [0.4, 0.5) is 0 Å². The molecule has 6 nitrogen and oxygen atoms in total. The summed E-state index contributed by atoms with van der Waals surface area (Å²) in [5.41, 5.74) is 3.66. The van der Waals surface area contributed by atoms with Gasteiger partial charge in [-0.25, -0.2) is 0 Å². The Bertz CT molecular complexity index is 1250. The van der Waals surface area contributed by atoms with Gasteiger partial charge in [-0.2, -0.15) is 0 Å². The van der Waals surface area contributed by atoms with Gasteiger partial charge in [0.05, 0.1) is 13.1 Å². The van der Waals surface area contributed by atoms with Crippen LogP contribution in [0.25, 0.3) is 10.9 Å². The van der Waals surface area contributed by atoms with Crippen LogP contribution in [0.15, 0.2) is 53.5 Å². The fourth-order valence-electron chi connectivity index (χ4n) is 6.50. The first kappa shape index (κ1) is 21.7. The second-order valence-corrected chi connectivity index (χ2v) is 10.5. The minimum absolute atomic E-state index is 0.135. The number of carbonyl (C=O) groups is 1. The highest BCUT2D eigenvalue weighted by atomic mass is 16.2. The molecule has 2 bridgehead atoms. The van der Waals surface area contributed by atoms with Crippen molar-refractivity contribution < 1.29 is 4.79 Å². The van der Waals surface area contributed by atoms with Crippen LogP contribution in [-0.4, -0.2) is 51.0 Å². The third kappa shape index (κ3) is 4.09. The van der Waals surface area contributed by atoms with E-state index in [1.54, 1.807) is 6.07 Å². The fraction of sp³-hybridized carbons (Fsp3) is 0.500. The minimum Gasteiger partial charge on any atom is -0.342 e. The molecule has 0 saturated carbocycles. The van der Waals surface area contributed by atoms with Crippen LogP contribution in [-0.2, 0) is 24.4 Å². The Morgan fingerprint density at radius 2 is 1.74 bits per heavy atom. The lowest BCUT2D eigenvalue weighted by Crippen LogP contribution is -2.47. The second kappa shape index (κ2) is 9.06. The third-order valence-electron chi connectivity index (χ3n) is 8.08. The lowest BCUT2D eigenvalue weighted by molar-refractivity contribution is -0.130. The number of aromatic nitrogens is 2. The highest BCUT2D eigenvalue weighted by molar-refractivity contribution is 5.89. The van der Waals surface area contributed by atoms with Crippen molar-refractivity contribution in [3.8, 4) is 0 Å². The zero-order valence-corrected chi connectivity index (χ0v) is 19.9. The van der Waals surface area contributed by atoms with Crippen molar-refractivity contribution in [2.75, 3.05) is 26.2 Å². The van der Waals surface area contributed by atoms with Crippen molar-refractivity contribution in [1.29, 1.82) is 0 Å². The average Bonchev–Trinajstić information content (AvgIpc) is 3.00. The van der Waals surface area contributed by atoms with Crippen molar-refractivity contribution in [1.82, 2.24) is 18.9 Å². The van der Waals surface area contributed by atoms with Gasteiger partial charge in [-0.3, -0.25) is 14.5 Å². The highest BCUT2D eigenvalue weighted by Crippen LogP contribution is 2.35. The van der Waals surface area contributed by atoms with Gasteiger partial charge in [0.2, 0.25) is 5.91 Å². The number of piperidine rings is 1. The number of nitrogens with zero attached hydrogens (tertiary/aromatic N) is 4. The Morgan fingerprint density at radius 3 is 2.59 bits per heavy atom. The maximum absolute atomic E-state index is 13.1. The van der Waals surface area contributed by atoms with E-state index in [-0.39, 0.29) is 11.5 Å². The van der Waals surface area contributed by atoms with Gasteiger partial charge in [-0.15, -0.1) is 0 Å². The molecule has 3 aliphatic rings. The SMILES string of the molecule is O=C(Cc1cn(CN2CC3CC(C2)c2cccc(=O)n2C3)c2ccccc12)N1CCCCCC1. The molecule has 0 N–H and O–H groups in total. The van der Waals surface area contributed by atoms with Gasteiger partial charge in [0.15, 0.2) is 0 Å². The van der Waals surface area contributed by atoms with Gasteiger partial charge >= 0.3 is 0 Å². The molecule has 2 unspecified atom stereocenters. The predicted molar refractivity (Wildman–Crippen MR) is 134 cm³/mol. The van der Waals surface area contributed by atoms with Gasteiger partial charge < -0.3 is 14.0 Å². The maximum atomic E-state index is 13.1. The smallest absolute Gasteiger partial charge is 0.250 e. The van der Waals surface area contributed by atoms with Crippen LogP contribution in [0, 0.1) is 5.92 Å². The molecular formula is C28H34N4O2. The Hall–Kier alpha value is -2.86. The zero-order chi connectivity index (χ0) is 23.1. The summed E-state index contributed by atoms with van der Waals surface area (Å²) in [6.07, 6.45) is 8.58. The summed E-state index contributed by atoms with van der Waals surface area (Å²) >= 11 is 0. The largest absolute Gasteiger partial charge is 0.342 e. The Balaban J connectivity index is 1.23. The zero-order valence-electron chi connectivity index (χ0n) is 19.9. The lowest BCUT2D eigenvalue weighted by Gasteiger charge is -2.42. The average molecular weight is 459 g/mol. The molecule has 3 aromatic rings. The quantitative estimate of drug-likeness (QED) is 0.597. The molecule has 34 heavy (non-hydrogen) atoms. The number of pyridine rings is 1. The number of para-hydroxylation sites is 1. The molecule has 0 spiro atoms. The van der Waals surface area contributed by atoms with Crippen LogP contribution in [0.1, 0.15) is 49.3 Å². The fourth-order valence-corrected chi connectivity index (χ4v) is 6.50. The summed E-state index contributed by atoms with van der Waals surface area (Å²) in [5.74, 6) is 1.18. The van der Waals surface area contributed by atoms with Crippen LogP contribution >= 0.6 is 0 Å². The highest BCUT2D eigenvalue weighted by Gasteiger charge is 2.34. The monoisotopic (exact) mass is 458 g/mol. The molecule has 2 fully saturated rings. The summed E-state index contributed by atoms with van der Waals surface area (Å²) in [4.78, 5) is 30.1. The summed E-state index contributed by atoms with van der Waals surface area (Å²) in [5, 5.41) is 1.19. The lowest BCUT2D eigenvalue weighted by atomic mass is 9.83. The number of hydrogen-bond acceptors (Lipinski definition) is 3. The molecule has 3 aliphatic heterocycles. The third-order valence-corrected chi connectivity index (χ3v) is 8.08. The summed E-state index contributed by atoms with van der Waals surface area (Å²) < 4.78 is 4.33. The number of rotatable bonds is 4. The van der Waals surface area contributed by atoms with E-state index in [1.807, 2.05) is 10.6 Å². The number of fused-ring (bicyclic) bond motifs is 5. The van der Waals surface area contributed by atoms with E-state index >= 15 is 0 Å². The standard InChI is InChI=1S/C28H34N4O2/c33-27-11-7-10-25-23-14-21(17-32(25)27)16-29(18-23)20-31-19-22(24-8-3-4-9-26(24)31)15-28(34)30-12-5-1-2-6-13-30/h3-4,7-11,19,21,23H,1-2,5-6,12-18,20H2. The predicted octanol–water partition coefficient (Wildman–Crippen LogP) is 3.82. The molecule has 178 valence electrons. The first-order valence-corrected chi connectivity index (χ1v) is 12.9. The van der Waals surface area contributed by atoms with Crippen LogP contribution in [0.3, 0.4) is 0 Å². The molecule has 1 amide bonds. The molecule has 5 heterocycles. The first-order valence-electron chi connectivity index (χ1n) is 12.9. The summed E-state index contributed by atoms with van der Waals surface area (Å²) in [6, 6.07) is 14.2. The number of carbonyl (C=O) groups excluding carboxylic acids is 1. The summed E-state index contributed by atoms with van der Waals surface area (Å²) in [6.45, 7) is 5.42. The maximum Gasteiger partial charge on any atom is 0.250 e. The van der Waals surface area contributed by atoms with Crippen molar-refractivity contribution >= 4 is 16.8 Å². The summed E-state index contributed by atoms with van der Waals surface area (Å²) in [7, 11) is 0. The van der Waals surface area contributed by atoms with E-state index in [4.69, 9.17) is 0 Å². The van der Waals surface area contributed by atoms with Gasteiger partial charge in [-0.05, 0) is 42.9 Å². The first-order chi connectivity index (χ1) is 16.7. The van der Waals surface area contributed by atoms with Crippen molar-refractivity contribution in [2.24, 2.45) is 5.92 Å². The van der Waals surface area contributed by atoms with Crippen LogP contribution < -0.4 is 5.56 Å². The topological polar surface area (TPSA) is 50.5 Å². The van der Waals surface area contributed by atoms with Crippen LogP contribution in [0.2, 0.25) is 0 Å². The number of likely N-dealkylation sites (tertiary alicyclic amines) is 2. The molecule has 2 aromatic heterocycles. The van der Waals surface area contributed by atoms with Crippen molar-refractivity contribution in [2.45, 2.75) is 57.7 Å². The van der Waals surface area contributed by atoms with E-state index < -0.39 is 0 Å². The molecule has 1 aromatic carbocycles. The Labute approximate surface area is 200 Å². The van der Waals surface area contributed by atoms with E-state index in [0.717, 1.165) is 57.8 Å². The van der Waals surface area contributed by atoms with Gasteiger partial charge in [0.1, 0.15) is 0 Å². The molecule has 0 aliphatic carbocycles. The molecule has 2 saturated heterocycles. The number of benzene rings is 1. The molecule has 6 rings (SSSR count). The molecule has 2 atom stereocenters. The molecular weight excluding hydrogens is 424 g/mol. The molecule has 0 radical (unpaired) electrons. The van der Waals surface area contributed by atoms with Crippen molar-refractivity contribution in [3.05, 3.63) is 70.3 Å². The normalized spacial score (nSPS) is 23.0. The van der Waals surface area contributed by atoms with E-state index in [9.17, 15) is 9.59 Å². The number of amides is 1. The van der Waals surface area contributed by atoms with E-state index in [1.165, 1.54) is 35.9 Å². The Morgan fingerprint density at radius 1 is 0.912 bits per heavy atom.